The Labute approximate surface area is 194 Å². The highest BCUT2D eigenvalue weighted by Gasteiger charge is 2.26. The Balaban J connectivity index is 1.38. The summed E-state index contributed by atoms with van der Waals surface area (Å²) in [4.78, 5) is 17.2. The molecule has 168 valence electrons. The van der Waals surface area contributed by atoms with Gasteiger partial charge in [-0.25, -0.2) is 8.42 Å². The second kappa shape index (κ2) is 8.51. The first-order valence-electron chi connectivity index (χ1n) is 10.0. The molecule has 1 N–H and O–H groups in total. The number of fused-ring (bicyclic) bond motifs is 1. The number of amides is 1. The van der Waals surface area contributed by atoms with E-state index in [1.165, 1.54) is 4.31 Å². The molecule has 2 aromatic carbocycles. The number of nitrogens with one attached hydrogen (secondary N) is 1. The van der Waals surface area contributed by atoms with Crippen LogP contribution in [0.3, 0.4) is 0 Å². The number of carbonyl (C=O) groups excluding carboxylic acids is 1. The van der Waals surface area contributed by atoms with Gasteiger partial charge in [0.1, 0.15) is 5.58 Å². The third-order valence-corrected chi connectivity index (χ3v) is 7.14. The second-order valence-electron chi connectivity index (χ2n) is 7.40. The maximum atomic E-state index is 12.8. The van der Waals surface area contributed by atoms with E-state index in [1.807, 2.05) is 6.07 Å². The molecule has 0 atom stereocenters. The Morgan fingerprint density at radius 1 is 1.09 bits per heavy atom. The quantitative estimate of drug-likeness (QED) is 0.457. The molecule has 0 bridgehead atoms. The van der Waals surface area contributed by atoms with Gasteiger partial charge in [-0.3, -0.25) is 14.1 Å². The van der Waals surface area contributed by atoms with E-state index in [1.54, 1.807) is 61.0 Å². The van der Waals surface area contributed by atoms with E-state index < -0.39 is 10.0 Å². The van der Waals surface area contributed by atoms with Gasteiger partial charge >= 0.3 is 0 Å². The van der Waals surface area contributed by atoms with E-state index in [-0.39, 0.29) is 18.4 Å². The van der Waals surface area contributed by atoms with Crippen molar-refractivity contribution in [1.29, 1.82) is 0 Å². The van der Waals surface area contributed by atoms with E-state index in [2.05, 4.69) is 10.3 Å². The van der Waals surface area contributed by atoms with Crippen LogP contribution in [0.1, 0.15) is 10.4 Å². The van der Waals surface area contributed by atoms with E-state index in [0.717, 1.165) is 5.39 Å². The summed E-state index contributed by atoms with van der Waals surface area (Å²) in [5.74, 6) is -0.690. The number of benzene rings is 2. The fourth-order valence-corrected chi connectivity index (χ4v) is 5.14. The summed E-state index contributed by atoms with van der Waals surface area (Å²) in [5, 5.41) is 4.16. The van der Waals surface area contributed by atoms with E-state index in [4.69, 9.17) is 20.8 Å². The fraction of sp³-hybridized carbons (Fsp3) is 0.130. The molecule has 4 aromatic rings. The van der Waals surface area contributed by atoms with Gasteiger partial charge in [0.2, 0.25) is 0 Å². The topological polar surface area (TPSA) is 102 Å². The Hall–Kier alpha value is -3.40. The lowest BCUT2D eigenvalue weighted by Crippen LogP contribution is -2.41. The predicted octanol–water partition coefficient (Wildman–Crippen LogP) is 4.52. The van der Waals surface area contributed by atoms with Crippen molar-refractivity contribution in [3.05, 3.63) is 77.6 Å². The third-order valence-electron chi connectivity index (χ3n) is 5.28. The molecule has 3 heterocycles. The van der Waals surface area contributed by atoms with Crippen LogP contribution in [-0.4, -0.2) is 38.4 Å². The zero-order chi connectivity index (χ0) is 23.0. The van der Waals surface area contributed by atoms with Gasteiger partial charge < -0.3 is 14.5 Å². The zero-order valence-electron chi connectivity index (χ0n) is 17.2. The number of furan rings is 1. The number of sulfonamides is 1. The van der Waals surface area contributed by atoms with Gasteiger partial charge in [-0.05, 0) is 54.6 Å². The van der Waals surface area contributed by atoms with Crippen molar-refractivity contribution in [2.75, 3.05) is 28.7 Å². The average molecular weight is 484 g/mol. The van der Waals surface area contributed by atoms with Crippen molar-refractivity contribution in [2.45, 2.75) is 0 Å². The number of aromatic nitrogens is 1. The molecule has 10 heteroatoms. The highest BCUT2D eigenvalue weighted by Crippen LogP contribution is 2.34. The van der Waals surface area contributed by atoms with Crippen molar-refractivity contribution in [3.8, 4) is 11.3 Å². The first-order valence-corrected chi connectivity index (χ1v) is 12.0. The van der Waals surface area contributed by atoms with E-state index in [0.29, 0.717) is 45.4 Å². The molecule has 8 nitrogen and oxygen atoms in total. The molecule has 2 aromatic heterocycles. The first-order chi connectivity index (χ1) is 15.9. The number of rotatable bonds is 4. The Kier molecular flexibility index (Phi) is 5.53. The monoisotopic (exact) mass is 483 g/mol. The van der Waals surface area contributed by atoms with E-state index in [9.17, 15) is 13.2 Å². The normalized spacial score (nSPS) is 15.5. The number of ether oxygens (including phenoxy) is 1. The number of hydrogen-bond acceptors (Lipinski definition) is 6. The van der Waals surface area contributed by atoms with Crippen molar-refractivity contribution in [3.63, 3.8) is 0 Å². The number of halogens is 1. The molecule has 1 fully saturated rings. The number of hydrogen-bond donors (Lipinski definition) is 1. The molecule has 0 aliphatic carbocycles. The number of nitrogens with zero attached hydrogens (tertiary/aromatic N) is 2. The molecule has 0 unspecified atom stereocenters. The van der Waals surface area contributed by atoms with Crippen LogP contribution in [0.15, 0.2) is 71.5 Å². The number of pyridine rings is 1. The summed E-state index contributed by atoms with van der Waals surface area (Å²) in [5.41, 5.74) is 3.42. The maximum Gasteiger partial charge on any atom is 0.259 e. The SMILES string of the molecule is O=C(Nc1ccc(Cl)c(-c2nccc3occc23)c1)c1ccc(N2CCOCS2(=O)=O)cc1. The summed E-state index contributed by atoms with van der Waals surface area (Å²) in [6, 6.07) is 15.1. The van der Waals surface area contributed by atoms with Gasteiger partial charge in [0.05, 0.1) is 35.8 Å². The zero-order valence-corrected chi connectivity index (χ0v) is 18.8. The van der Waals surface area contributed by atoms with Crippen LogP contribution in [0, 0.1) is 0 Å². The van der Waals surface area contributed by atoms with Crippen LogP contribution in [0.4, 0.5) is 11.4 Å². The van der Waals surface area contributed by atoms with Gasteiger partial charge in [-0.15, -0.1) is 0 Å². The molecule has 1 saturated heterocycles. The van der Waals surface area contributed by atoms with Crippen molar-refractivity contribution in [2.24, 2.45) is 0 Å². The molecule has 0 spiro atoms. The maximum absolute atomic E-state index is 12.8. The molecular formula is C23H18ClN3O5S. The number of carbonyl (C=O) groups is 1. The van der Waals surface area contributed by atoms with E-state index >= 15 is 0 Å². The Bertz CT molecular complexity index is 1450. The van der Waals surface area contributed by atoms with Crippen molar-refractivity contribution >= 4 is 49.9 Å². The van der Waals surface area contributed by atoms with Gasteiger partial charge in [0.15, 0.2) is 5.94 Å². The van der Waals surface area contributed by atoms with Crippen molar-refractivity contribution in [1.82, 2.24) is 4.98 Å². The van der Waals surface area contributed by atoms with Crippen molar-refractivity contribution < 1.29 is 22.4 Å². The molecule has 1 aliphatic heterocycles. The molecule has 0 radical (unpaired) electrons. The summed E-state index contributed by atoms with van der Waals surface area (Å²) in [6.07, 6.45) is 3.22. The second-order valence-corrected chi connectivity index (χ2v) is 9.65. The largest absolute Gasteiger partial charge is 0.464 e. The Morgan fingerprint density at radius 3 is 2.70 bits per heavy atom. The molecule has 1 amide bonds. The fourth-order valence-electron chi connectivity index (χ4n) is 3.68. The Morgan fingerprint density at radius 2 is 1.91 bits per heavy atom. The highest BCUT2D eigenvalue weighted by atomic mass is 35.5. The van der Waals surface area contributed by atoms with Crippen LogP contribution in [0.5, 0.6) is 0 Å². The smallest absolute Gasteiger partial charge is 0.259 e. The summed E-state index contributed by atoms with van der Waals surface area (Å²) in [6.45, 7) is 0.556. The lowest BCUT2D eigenvalue weighted by molar-refractivity contribution is 0.102. The highest BCUT2D eigenvalue weighted by molar-refractivity contribution is 7.92. The van der Waals surface area contributed by atoms with Gasteiger partial charge in [-0.2, -0.15) is 0 Å². The molecule has 33 heavy (non-hydrogen) atoms. The molecule has 1 aliphatic rings. The summed E-state index contributed by atoms with van der Waals surface area (Å²) in [7, 11) is -3.52. The lowest BCUT2D eigenvalue weighted by atomic mass is 10.1. The standard InChI is InChI=1S/C23H18ClN3O5S/c24-20-6-3-16(13-19(20)22-18-8-11-32-21(18)7-9-25-22)26-23(28)15-1-4-17(5-2-15)27-10-12-31-14-33(27,29)30/h1-9,11,13H,10,12,14H2,(H,26,28). The molecule has 5 rings (SSSR count). The van der Waals surface area contributed by atoms with Crippen LogP contribution in [0.25, 0.3) is 22.2 Å². The van der Waals surface area contributed by atoms with Gasteiger partial charge in [0.25, 0.3) is 15.9 Å². The molecular weight excluding hydrogens is 466 g/mol. The lowest BCUT2D eigenvalue weighted by Gasteiger charge is -2.28. The van der Waals surface area contributed by atoms with Crippen LogP contribution >= 0.6 is 11.6 Å². The van der Waals surface area contributed by atoms with Gasteiger partial charge in [-0.1, -0.05) is 11.6 Å². The minimum Gasteiger partial charge on any atom is -0.464 e. The minimum absolute atomic E-state index is 0.235. The minimum atomic E-state index is -3.52. The summed E-state index contributed by atoms with van der Waals surface area (Å²) < 4.78 is 36.1. The predicted molar refractivity (Wildman–Crippen MR) is 126 cm³/mol. The van der Waals surface area contributed by atoms with Gasteiger partial charge in [0, 0.05) is 28.4 Å². The third kappa shape index (κ3) is 4.18. The van der Waals surface area contributed by atoms with Crippen LogP contribution < -0.4 is 9.62 Å². The van der Waals surface area contributed by atoms with Crippen LogP contribution in [-0.2, 0) is 14.8 Å². The van der Waals surface area contributed by atoms with Crippen LogP contribution in [0.2, 0.25) is 5.02 Å². The summed E-state index contributed by atoms with van der Waals surface area (Å²) >= 11 is 6.42. The molecule has 0 saturated carbocycles. The average Bonchev–Trinajstić information content (AvgIpc) is 3.29. The number of anilines is 2. The first kappa shape index (κ1) is 21.4.